The zero-order chi connectivity index (χ0) is 27.0. The Morgan fingerprint density at radius 2 is 1.89 bits per heavy atom. The van der Waals surface area contributed by atoms with Crippen LogP contribution in [0.15, 0.2) is 54.9 Å². The van der Waals surface area contributed by atoms with Crippen molar-refractivity contribution in [3.63, 3.8) is 0 Å². The number of anilines is 1. The summed E-state index contributed by atoms with van der Waals surface area (Å²) in [7, 11) is -1.18. The van der Waals surface area contributed by atoms with Crippen molar-refractivity contribution in [3.05, 3.63) is 72.1 Å². The van der Waals surface area contributed by atoms with E-state index >= 15 is 0 Å². The van der Waals surface area contributed by atoms with Crippen molar-refractivity contribution in [2.24, 2.45) is 0 Å². The quantitative estimate of drug-likeness (QED) is 0.178. The van der Waals surface area contributed by atoms with Gasteiger partial charge in [0.2, 0.25) is 0 Å². The molecule has 0 amide bonds. The molecule has 8 nitrogen and oxygen atoms in total. The summed E-state index contributed by atoms with van der Waals surface area (Å²) in [5.74, 6) is 1.16. The molecule has 198 valence electrons. The van der Waals surface area contributed by atoms with Crippen LogP contribution in [0.1, 0.15) is 24.4 Å². The number of hydrogen-bond acceptors (Lipinski definition) is 6. The van der Waals surface area contributed by atoms with Crippen molar-refractivity contribution in [2.75, 3.05) is 12.3 Å². The smallest absolute Gasteiger partial charge is 0.166 e. The molecule has 0 saturated carbocycles. The van der Waals surface area contributed by atoms with Gasteiger partial charge in [-0.25, -0.2) is 19.0 Å². The average Bonchev–Trinajstić information content (AvgIpc) is 3.49. The first-order valence-corrected chi connectivity index (χ1v) is 16.4. The van der Waals surface area contributed by atoms with E-state index < -0.39 is 14.2 Å². The minimum absolute atomic E-state index is 0.245. The lowest BCUT2D eigenvalue weighted by Gasteiger charge is -2.20. The van der Waals surface area contributed by atoms with Gasteiger partial charge in [0.25, 0.3) is 0 Å². The predicted octanol–water partition coefficient (Wildman–Crippen LogP) is 6.25. The number of rotatable bonds is 9. The molecule has 3 heterocycles. The van der Waals surface area contributed by atoms with E-state index in [0.29, 0.717) is 23.4 Å². The third-order valence-electron chi connectivity index (χ3n) is 6.57. The van der Waals surface area contributed by atoms with Gasteiger partial charge in [-0.05, 0) is 62.4 Å². The second-order valence-corrected chi connectivity index (χ2v) is 16.4. The second kappa shape index (κ2) is 10.2. The fourth-order valence-electron chi connectivity index (χ4n) is 4.42. The van der Waals surface area contributed by atoms with E-state index in [1.54, 1.807) is 23.0 Å². The molecule has 0 aliphatic carbocycles. The SMILES string of the molecule is Cc1nc2cc(-n3cccn3)c(C(C)Oc3cc4cc(F)ccc4nc3N)cc2n1COCC[Si](C)(C)C. The molecule has 0 saturated heterocycles. The zero-order valence-corrected chi connectivity index (χ0v) is 23.4. The Kier molecular flexibility index (Phi) is 6.93. The van der Waals surface area contributed by atoms with Gasteiger partial charge in [-0.15, -0.1) is 0 Å². The number of pyridine rings is 1. The number of hydrogen-bond donors (Lipinski definition) is 1. The number of ether oxygens (including phenoxy) is 2. The van der Waals surface area contributed by atoms with Gasteiger partial charge in [-0.1, -0.05) is 19.6 Å². The minimum atomic E-state index is -1.18. The van der Waals surface area contributed by atoms with E-state index in [-0.39, 0.29) is 11.6 Å². The van der Waals surface area contributed by atoms with Crippen molar-refractivity contribution in [1.29, 1.82) is 0 Å². The van der Waals surface area contributed by atoms with Gasteiger partial charge in [-0.3, -0.25) is 0 Å². The van der Waals surface area contributed by atoms with E-state index in [4.69, 9.17) is 20.2 Å². The highest BCUT2D eigenvalue weighted by Crippen LogP contribution is 2.34. The number of imidazole rings is 1. The molecule has 0 spiro atoms. The molecule has 1 unspecified atom stereocenters. The van der Waals surface area contributed by atoms with Gasteiger partial charge in [0, 0.05) is 38.0 Å². The molecular weight excluding hydrogens is 499 g/mol. The standard InChI is InChI=1S/C28H33FN6O2Si/c1-18(37-27-14-20-13-21(29)7-8-23(20)33-28(27)30)22-15-26-24(16-25(22)35-10-6-9-31-35)32-19(2)34(26)17-36-11-12-38(3,4)5/h6-10,13-16,18H,11-12,17H2,1-5H3,(H2,30,33). The number of nitrogens with zero attached hydrogens (tertiary/aromatic N) is 5. The highest BCUT2D eigenvalue weighted by Gasteiger charge is 2.21. The molecule has 0 radical (unpaired) electrons. The zero-order valence-electron chi connectivity index (χ0n) is 22.4. The van der Waals surface area contributed by atoms with E-state index in [1.807, 2.05) is 32.2 Å². The molecule has 3 aromatic heterocycles. The van der Waals surface area contributed by atoms with Crippen LogP contribution in [0.4, 0.5) is 10.2 Å². The van der Waals surface area contributed by atoms with Gasteiger partial charge >= 0.3 is 0 Å². The fourth-order valence-corrected chi connectivity index (χ4v) is 5.18. The number of aromatic nitrogens is 5. The molecule has 1 atom stereocenters. The fraction of sp³-hybridized carbons (Fsp3) is 0.321. The maximum atomic E-state index is 13.8. The van der Waals surface area contributed by atoms with Crippen LogP contribution in [-0.2, 0) is 11.5 Å². The van der Waals surface area contributed by atoms with Crippen LogP contribution >= 0.6 is 0 Å². The molecule has 38 heavy (non-hydrogen) atoms. The van der Waals surface area contributed by atoms with Gasteiger partial charge in [0.1, 0.15) is 24.5 Å². The summed E-state index contributed by atoms with van der Waals surface area (Å²) >= 11 is 0. The Balaban J connectivity index is 1.52. The number of nitrogens with two attached hydrogens (primary N) is 1. The van der Waals surface area contributed by atoms with Gasteiger partial charge in [0.15, 0.2) is 11.6 Å². The van der Waals surface area contributed by atoms with Crippen molar-refractivity contribution in [3.8, 4) is 11.4 Å². The van der Waals surface area contributed by atoms with E-state index in [2.05, 4.69) is 40.4 Å². The molecule has 0 fully saturated rings. The molecule has 10 heteroatoms. The lowest BCUT2D eigenvalue weighted by Crippen LogP contribution is -2.22. The summed E-state index contributed by atoms with van der Waals surface area (Å²) in [6.07, 6.45) is 3.19. The summed E-state index contributed by atoms with van der Waals surface area (Å²) in [6.45, 7) is 12.1. The van der Waals surface area contributed by atoms with Crippen LogP contribution < -0.4 is 10.5 Å². The van der Waals surface area contributed by atoms with Crippen LogP contribution in [0, 0.1) is 12.7 Å². The molecule has 2 N–H and O–H groups in total. The molecule has 5 rings (SSSR count). The summed E-state index contributed by atoms with van der Waals surface area (Å²) in [4.78, 5) is 9.20. The van der Waals surface area contributed by atoms with Crippen molar-refractivity contribution in [2.45, 2.75) is 52.4 Å². The third-order valence-corrected chi connectivity index (χ3v) is 8.27. The molecule has 0 aliphatic rings. The summed E-state index contributed by atoms with van der Waals surface area (Å²) in [5.41, 5.74) is 10.4. The minimum Gasteiger partial charge on any atom is -0.482 e. The summed E-state index contributed by atoms with van der Waals surface area (Å²) < 4.78 is 30.1. The Morgan fingerprint density at radius 1 is 1.08 bits per heavy atom. The first-order valence-electron chi connectivity index (χ1n) is 12.7. The van der Waals surface area contributed by atoms with Crippen LogP contribution in [0.3, 0.4) is 0 Å². The summed E-state index contributed by atoms with van der Waals surface area (Å²) in [6, 6.07) is 13.2. The maximum Gasteiger partial charge on any atom is 0.166 e. The number of aryl methyl sites for hydroxylation is 1. The largest absolute Gasteiger partial charge is 0.482 e. The number of fused-ring (bicyclic) bond motifs is 2. The lowest BCUT2D eigenvalue weighted by molar-refractivity contribution is 0.0885. The third kappa shape index (κ3) is 5.41. The summed E-state index contributed by atoms with van der Waals surface area (Å²) in [5, 5.41) is 5.07. The van der Waals surface area contributed by atoms with Gasteiger partial charge < -0.3 is 19.8 Å². The topological polar surface area (TPSA) is 93.0 Å². The van der Waals surface area contributed by atoms with Crippen LogP contribution in [0.2, 0.25) is 25.7 Å². The number of nitrogen functional groups attached to an aromatic ring is 1. The predicted molar refractivity (Wildman–Crippen MR) is 151 cm³/mol. The molecule has 5 aromatic rings. The van der Waals surface area contributed by atoms with Crippen LogP contribution in [0.25, 0.3) is 27.6 Å². The van der Waals surface area contributed by atoms with Crippen molar-refractivity contribution >= 4 is 35.8 Å². The van der Waals surface area contributed by atoms with E-state index in [0.717, 1.165) is 40.8 Å². The van der Waals surface area contributed by atoms with E-state index in [9.17, 15) is 4.39 Å². The van der Waals surface area contributed by atoms with Crippen LogP contribution in [0.5, 0.6) is 5.75 Å². The molecule has 2 aromatic carbocycles. The van der Waals surface area contributed by atoms with Crippen molar-refractivity contribution in [1.82, 2.24) is 24.3 Å². The maximum absolute atomic E-state index is 13.8. The molecule has 0 bridgehead atoms. The highest BCUT2D eigenvalue weighted by molar-refractivity contribution is 6.76. The number of benzene rings is 2. The monoisotopic (exact) mass is 532 g/mol. The normalized spacial score (nSPS) is 12.9. The average molecular weight is 533 g/mol. The molecular formula is C28H33FN6O2Si. The van der Waals surface area contributed by atoms with E-state index in [1.165, 1.54) is 12.1 Å². The Bertz CT molecular complexity index is 1590. The lowest BCUT2D eigenvalue weighted by atomic mass is 10.1. The highest BCUT2D eigenvalue weighted by atomic mass is 28.3. The second-order valence-electron chi connectivity index (χ2n) is 10.8. The van der Waals surface area contributed by atoms with Crippen LogP contribution in [-0.4, -0.2) is 39.0 Å². The number of halogens is 1. The Labute approximate surface area is 222 Å². The first-order chi connectivity index (χ1) is 18.1. The van der Waals surface area contributed by atoms with Crippen molar-refractivity contribution < 1.29 is 13.9 Å². The van der Waals surface area contributed by atoms with Gasteiger partial charge in [-0.2, -0.15) is 5.10 Å². The Hall–Kier alpha value is -3.76. The van der Waals surface area contributed by atoms with Gasteiger partial charge in [0.05, 0.1) is 22.2 Å². The first kappa shape index (κ1) is 25.9. The molecule has 0 aliphatic heterocycles. The Morgan fingerprint density at radius 3 is 2.63 bits per heavy atom.